The Labute approximate surface area is 169 Å². The maximum absolute atomic E-state index is 13.5. The maximum atomic E-state index is 13.5. The van der Waals surface area contributed by atoms with E-state index < -0.39 is 6.55 Å². The fourth-order valence-corrected chi connectivity index (χ4v) is 3.73. The van der Waals surface area contributed by atoms with E-state index in [0.717, 1.165) is 9.44 Å². The molecule has 28 heavy (non-hydrogen) atoms. The van der Waals surface area contributed by atoms with Gasteiger partial charge in [-0.3, -0.25) is 9.36 Å². The number of rotatable bonds is 7. The Morgan fingerprint density at radius 1 is 1.36 bits per heavy atom. The summed E-state index contributed by atoms with van der Waals surface area (Å²) in [7, 11) is 1.63. The number of fused-ring (bicyclic) bond motifs is 1. The number of para-hydroxylation sites is 2. The highest BCUT2D eigenvalue weighted by atomic mass is 35.5. The zero-order valence-corrected chi connectivity index (χ0v) is 16.7. The second-order valence-corrected chi connectivity index (χ2v) is 7.78. The maximum Gasteiger partial charge on any atom is 0.320 e. The number of alkyl halides is 2. The molecule has 0 fully saturated rings. The standard InChI is InChI=1S/C18H17ClF2N4O2S/c1-11(17-22-13-5-3-4-6-14(13)25(17)18(20)21)23-27-10-16(26)24(2)9-12-7-8-15(19)28-12/h3-8,18H,9-10H2,1-2H3/b23-11-. The number of thiophene rings is 1. The molecule has 3 rings (SSSR count). The van der Waals surface area contributed by atoms with Crippen LogP contribution in [0.4, 0.5) is 8.78 Å². The number of hydrogen-bond donors (Lipinski definition) is 0. The van der Waals surface area contributed by atoms with Crippen molar-refractivity contribution >= 4 is 45.6 Å². The molecule has 0 atom stereocenters. The number of hydrogen-bond acceptors (Lipinski definition) is 5. The van der Waals surface area contributed by atoms with Crippen molar-refractivity contribution in [3.05, 3.63) is 51.4 Å². The summed E-state index contributed by atoms with van der Waals surface area (Å²) in [6.45, 7) is -1.20. The lowest BCUT2D eigenvalue weighted by molar-refractivity contribution is -0.135. The molecule has 0 saturated heterocycles. The largest absolute Gasteiger partial charge is 0.385 e. The van der Waals surface area contributed by atoms with E-state index >= 15 is 0 Å². The molecular weight excluding hydrogens is 410 g/mol. The third-order valence-electron chi connectivity index (χ3n) is 3.95. The molecule has 0 aliphatic heterocycles. The Morgan fingerprint density at radius 2 is 2.11 bits per heavy atom. The van der Waals surface area contributed by atoms with Gasteiger partial charge in [0.25, 0.3) is 5.91 Å². The molecule has 0 spiro atoms. The average molecular weight is 427 g/mol. The molecule has 0 aliphatic rings. The van der Waals surface area contributed by atoms with E-state index in [-0.39, 0.29) is 24.1 Å². The highest BCUT2D eigenvalue weighted by molar-refractivity contribution is 7.16. The molecule has 2 heterocycles. The third-order valence-corrected chi connectivity index (χ3v) is 5.17. The van der Waals surface area contributed by atoms with Gasteiger partial charge in [0.05, 0.1) is 21.9 Å². The molecule has 2 aromatic heterocycles. The number of halogens is 3. The summed E-state index contributed by atoms with van der Waals surface area (Å²) in [4.78, 5) is 23.8. The molecule has 1 aromatic carbocycles. The zero-order chi connectivity index (χ0) is 20.3. The molecule has 1 amide bonds. The van der Waals surface area contributed by atoms with Gasteiger partial charge in [-0.1, -0.05) is 28.9 Å². The summed E-state index contributed by atoms with van der Waals surface area (Å²) >= 11 is 7.26. The van der Waals surface area contributed by atoms with Gasteiger partial charge in [0, 0.05) is 11.9 Å². The molecular formula is C18H17ClF2N4O2S. The van der Waals surface area contributed by atoms with Crippen LogP contribution < -0.4 is 0 Å². The van der Waals surface area contributed by atoms with Crippen molar-refractivity contribution < 1.29 is 18.4 Å². The first kappa shape index (κ1) is 20.2. The van der Waals surface area contributed by atoms with Crippen molar-refractivity contribution in [2.24, 2.45) is 5.16 Å². The lowest BCUT2D eigenvalue weighted by Gasteiger charge is -2.15. The lowest BCUT2D eigenvalue weighted by atomic mass is 10.3. The van der Waals surface area contributed by atoms with Crippen molar-refractivity contribution in [2.75, 3.05) is 13.7 Å². The van der Waals surface area contributed by atoms with Crippen LogP contribution >= 0.6 is 22.9 Å². The van der Waals surface area contributed by atoms with Crippen LogP contribution in [0.25, 0.3) is 11.0 Å². The summed E-state index contributed by atoms with van der Waals surface area (Å²) in [6, 6.07) is 10.2. The molecule has 6 nitrogen and oxygen atoms in total. The number of likely N-dealkylation sites (N-methyl/N-ethyl adjacent to an activating group) is 1. The van der Waals surface area contributed by atoms with Crippen molar-refractivity contribution in [1.29, 1.82) is 0 Å². The first-order valence-electron chi connectivity index (χ1n) is 8.27. The Kier molecular flexibility index (Phi) is 6.25. The number of amides is 1. The molecule has 0 N–H and O–H groups in total. The quantitative estimate of drug-likeness (QED) is 0.411. The SMILES string of the molecule is C/C(=N/OCC(=O)N(C)Cc1ccc(Cl)s1)c1nc2ccccc2n1C(F)F. The van der Waals surface area contributed by atoms with E-state index in [1.165, 1.54) is 23.2 Å². The first-order chi connectivity index (χ1) is 13.4. The number of benzene rings is 1. The Hall–Kier alpha value is -2.52. The molecule has 10 heteroatoms. The number of carbonyl (C=O) groups is 1. The summed E-state index contributed by atoms with van der Waals surface area (Å²) in [5.74, 6) is -0.311. The number of nitrogens with zero attached hydrogens (tertiary/aromatic N) is 4. The smallest absolute Gasteiger partial charge is 0.320 e. The van der Waals surface area contributed by atoms with Crippen LogP contribution in [0.5, 0.6) is 0 Å². The van der Waals surface area contributed by atoms with Crippen molar-refractivity contribution in [1.82, 2.24) is 14.5 Å². The third kappa shape index (κ3) is 4.48. The normalized spacial score (nSPS) is 12.0. The summed E-state index contributed by atoms with van der Waals surface area (Å²) < 4.78 is 28.4. The average Bonchev–Trinajstić information content (AvgIpc) is 3.24. The van der Waals surface area contributed by atoms with Gasteiger partial charge in [-0.15, -0.1) is 11.3 Å². The number of aromatic nitrogens is 2. The van der Waals surface area contributed by atoms with Gasteiger partial charge in [0.15, 0.2) is 12.4 Å². The van der Waals surface area contributed by atoms with E-state index in [1.54, 1.807) is 37.4 Å². The summed E-state index contributed by atoms with van der Waals surface area (Å²) in [6.07, 6.45) is 0. The molecule has 3 aromatic rings. The minimum absolute atomic E-state index is 0.00905. The summed E-state index contributed by atoms with van der Waals surface area (Å²) in [5.41, 5.74) is 0.877. The number of imidazole rings is 1. The van der Waals surface area contributed by atoms with E-state index in [2.05, 4.69) is 10.1 Å². The number of oxime groups is 1. The second-order valence-electron chi connectivity index (χ2n) is 5.98. The van der Waals surface area contributed by atoms with Gasteiger partial charge in [0.2, 0.25) is 0 Å². The molecule has 0 bridgehead atoms. The van der Waals surface area contributed by atoms with Crippen LogP contribution in [0.1, 0.15) is 24.2 Å². The van der Waals surface area contributed by atoms with Crippen LogP contribution in [-0.2, 0) is 16.2 Å². The molecule has 0 saturated carbocycles. The minimum Gasteiger partial charge on any atom is -0.385 e. The monoisotopic (exact) mass is 426 g/mol. The molecule has 0 unspecified atom stereocenters. The zero-order valence-electron chi connectivity index (χ0n) is 15.1. The highest BCUT2D eigenvalue weighted by Gasteiger charge is 2.20. The highest BCUT2D eigenvalue weighted by Crippen LogP contribution is 2.24. The first-order valence-corrected chi connectivity index (χ1v) is 9.46. The Bertz CT molecular complexity index is 1020. The predicted molar refractivity (Wildman–Crippen MR) is 105 cm³/mol. The molecule has 0 radical (unpaired) electrons. The summed E-state index contributed by atoms with van der Waals surface area (Å²) in [5, 5.41) is 3.80. The van der Waals surface area contributed by atoms with E-state index in [0.29, 0.717) is 21.9 Å². The van der Waals surface area contributed by atoms with Crippen molar-refractivity contribution in [3.63, 3.8) is 0 Å². The lowest BCUT2D eigenvalue weighted by Crippen LogP contribution is -2.29. The van der Waals surface area contributed by atoms with Crippen LogP contribution in [-0.4, -0.2) is 39.7 Å². The van der Waals surface area contributed by atoms with Gasteiger partial charge in [0.1, 0.15) is 5.71 Å². The van der Waals surface area contributed by atoms with Gasteiger partial charge in [-0.2, -0.15) is 8.78 Å². The van der Waals surface area contributed by atoms with E-state index in [9.17, 15) is 13.6 Å². The van der Waals surface area contributed by atoms with E-state index in [1.807, 2.05) is 6.07 Å². The molecule has 148 valence electrons. The Balaban J connectivity index is 1.66. The fraction of sp³-hybridized carbons (Fsp3) is 0.278. The fourth-order valence-electron chi connectivity index (χ4n) is 2.59. The van der Waals surface area contributed by atoms with Crippen LogP contribution in [0.15, 0.2) is 41.6 Å². The van der Waals surface area contributed by atoms with Crippen LogP contribution in [0.2, 0.25) is 4.34 Å². The van der Waals surface area contributed by atoms with E-state index in [4.69, 9.17) is 16.4 Å². The predicted octanol–water partition coefficient (Wildman–Crippen LogP) is 4.55. The van der Waals surface area contributed by atoms with Gasteiger partial charge in [-0.05, 0) is 31.2 Å². The second kappa shape index (κ2) is 8.66. The van der Waals surface area contributed by atoms with Gasteiger partial charge < -0.3 is 9.74 Å². The van der Waals surface area contributed by atoms with Crippen molar-refractivity contribution in [3.8, 4) is 0 Å². The minimum atomic E-state index is -2.78. The van der Waals surface area contributed by atoms with Crippen molar-refractivity contribution in [2.45, 2.75) is 20.0 Å². The number of carbonyl (C=O) groups excluding carboxylic acids is 1. The van der Waals surface area contributed by atoms with Crippen LogP contribution in [0, 0.1) is 0 Å². The topological polar surface area (TPSA) is 59.7 Å². The van der Waals surface area contributed by atoms with Crippen LogP contribution in [0.3, 0.4) is 0 Å². The molecule has 0 aliphatic carbocycles. The van der Waals surface area contributed by atoms with Gasteiger partial charge in [-0.25, -0.2) is 4.98 Å². The van der Waals surface area contributed by atoms with Gasteiger partial charge >= 0.3 is 6.55 Å². The Morgan fingerprint density at radius 3 is 2.79 bits per heavy atom.